The van der Waals surface area contributed by atoms with Gasteiger partial charge < -0.3 is 14.4 Å². The number of unbranched alkanes of at least 4 members (excludes halogenated alkanes) is 2. The molecule has 0 saturated carbocycles. The van der Waals surface area contributed by atoms with Gasteiger partial charge in [0.25, 0.3) is 0 Å². The number of ether oxygens (including phenoxy) is 1. The van der Waals surface area contributed by atoms with E-state index in [4.69, 9.17) is 4.74 Å². The summed E-state index contributed by atoms with van der Waals surface area (Å²) in [7, 11) is 1.73. The Kier molecular flexibility index (Phi) is 3.73. The summed E-state index contributed by atoms with van der Waals surface area (Å²) in [6.45, 7) is 0.680. The second-order valence-corrected chi connectivity index (χ2v) is 3.34. The second kappa shape index (κ2) is 4.84. The summed E-state index contributed by atoms with van der Waals surface area (Å²) in [6, 6.07) is 0. The summed E-state index contributed by atoms with van der Waals surface area (Å²) in [5.41, 5.74) is 0. The molecule has 0 aromatic carbocycles. The minimum Gasteiger partial charge on any atom is -0.444 e. The van der Waals surface area contributed by atoms with Gasteiger partial charge in [0, 0.05) is 13.5 Å². The highest BCUT2D eigenvalue weighted by atomic mass is 16.6. The molecule has 0 spiro atoms. The third-order valence-electron chi connectivity index (χ3n) is 2.15. The molecule has 74 valence electrons. The van der Waals surface area contributed by atoms with Gasteiger partial charge in [0.15, 0.2) is 0 Å². The average Bonchev–Trinajstić information content (AvgIpc) is 2.41. The predicted molar refractivity (Wildman–Crippen MR) is 47.4 cm³/mol. The van der Waals surface area contributed by atoms with Crippen molar-refractivity contribution >= 4 is 12.4 Å². The zero-order valence-corrected chi connectivity index (χ0v) is 7.86. The summed E-state index contributed by atoms with van der Waals surface area (Å²) in [5, 5.41) is 0. The van der Waals surface area contributed by atoms with Crippen LogP contribution >= 0.6 is 0 Å². The first-order chi connectivity index (χ1) is 6.24. The summed E-state index contributed by atoms with van der Waals surface area (Å²) in [5.74, 6) is 0. The first kappa shape index (κ1) is 10.0. The number of cyclic esters (lactones) is 1. The van der Waals surface area contributed by atoms with Crippen LogP contribution in [0.1, 0.15) is 25.7 Å². The quantitative estimate of drug-likeness (QED) is 0.477. The van der Waals surface area contributed by atoms with Crippen LogP contribution in [-0.4, -0.2) is 37.0 Å². The van der Waals surface area contributed by atoms with Crippen LogP contribution in [0.3, 0.4) is 0 Å². The van der Waals surface area contributed by atoms with E-state index in [-0.39, 0.29) is 12.2 Å². The van der Waals surface area contributed by atoms with E-state index in [1.54, 1.807) is 11.9 Å². The van der Waals surface area contributed by atoms with Crippen LogP contribution in [0.15, 0.2) is 0 Å². The topological polar surface area (TPSA) is 46.6 Å². The monoisotopic (exact) mass is 185 g/mol. The number of likely N-dealkylation sites (N-methyl/N-ethyl adjacent to an activating group) is 1. The molecule has 1 heterocycles. The van der Waals surface area contributed by atoms with Crippen molar-refractivity contribution in [3.63, 3.8) is 0 Å². The summed E-state index contributed by atoms with van der Waals surface area (Å²) < 4.78 is 5.05. The Morgan fingerprint density at radius 2 is 2.38 bits per heavy atom. The number of carbonyl (C=O) groups is 2. The fourth-order valence-electron chi connectivity index (χ4n) is 1.40. The Morgan fingerprint density at radius 3 is 2.92 bits per heavy atom. The van der Waals surface area contributed by atoms with Crippen LogP contribution in [0, 0.1) is 0 Å². The molecule has 1 atom stereocenters. The fourth-order valence-corrected chi connectivity index (χ4v) is 1.40. The minimum absolute atomic E-state index is 0.0316. The molecule has 0 aliphatic carbocycles. The van der Waals surface area contributed by atoms with E-state index in [1.807, 2.05) is 0 Å². The van der Waals surface area contributed by atoms with Crippen molar-refractivity contribution in [3.05, 3.63) is 0 Å². The zero-order chi connectivity index (χ0) is 9.68. The SMILES string of the molecule is CN1CC(CCCCC=O)OC1=O. The van der Waals surface area contributed by atoms with Gasteiger partial charge in [-0.25, -0.2) is 4.79 Å². The average molecular weight is 185 g/mol. The fraction of sp³-hybridized carbons (Fsp3) is 0.778. The van der Waals surface area contributed by atoms with Gasteiger partial charge in [-0.05, 0) is 19.3 Å². The number of hydrogen-bond donors (Lipinski definition) is 0. The van der Waals surface area contributed by atoms with Crippen molar-refractivity contribution in [2.75, 3.05) is 13.6 Å². The molecular weight excluding hydrogens is 170 g/mol. The first-order valence-corrected chi connectivity index (χ1v) is 4.59. The lowest BCUT2D eigenvalue weighted by Gasteiger charge is -2.05. The zero-order valence-electron chi connectivity index (χ0n) is 7.86. The van der Waals surface area contributed by atoms with Crippen molar-refractivity contribution in [2.24, 2.45) is 0 Å². The number of rotatable bonds is 5. The molecule has 1 amide bonds. The molecule has 1 rings (SSSR count). The minimum atomic E-state index is -0.236. The van der Waals surface area contributed by atoms with E-state index in [0.717, 1.165) is 25.5 Å². The molecule has 0 aromatic rings. The van der Waals surface area contributed by atoms with E-state index in [2.05, 4.69) is 0 Å². The highest BCUT2D eigenvalue weighted by Crippen LogP contribution is 2.14. The van der Waals surface area contributed by atoms with Crippen molar-refractivity contribution in [3.8, 4) is 0 Å². The van der Waals surface area contributed by atoms with Crippen LogP contribution in [0.5, 0.6) is 0 Å². The number of carbonyl (C=O) groups excluding carboxylic acids is 2. The molecule has 0 bridgehead atoms. The van der Waals surface area contributed by atoms with Crippen LogP contribution in [0.25, 0.3) is 0 Å². The second-order valence-electron chi connectivity index (χ2n) is 3.34. The third kappa shape index (κ3) is 3.05. The van der Waals surface area contributed by atoms with Gasteiger partial charge in [-0.2, -0.15) is 0 Å². The van der Waals surface area contributed by atoms with E-state index < -0.39 is 0 Å². The molecule has 1 aliphatic heterocycles. The third-order valence-corrected chi connectivity index (χ3v) is 2.15. The lowest BCUT2D eigenvalue weighted by molar-refractivity contribution is -0.107. The molecule has 0 N–H and O–H groups in total. The largest absolute Gasteiger partial charge is 0.444 e. The van der Waals surface area contributed by atoms with Gasteiger partial charge in [0.05, 0.1) is 6.54 Å². The Hall–Kier alpha value is -1.06. The van der Waals surface area contributed by atoms with Gasteiger partial charge in [-0.15, -0.1) is 0 Å². The smallest absolute Gasteiger partial charge is 0.409 e. The molecule has 4 heteroatoms. The van der Waals surface area contributed by atoms with Gasteiger partial charge in [0.2, 0.25) is 0 Å². The number of hydrogen-bond acceptors (Lipinski definition) is 3. The van der Waals surface area contributed by atoms with Gasteiger partial charge in [0.1, 0.15) is 12.4 Å². The molecule has 1 aliphatic rings. The molecule has 13 heavy (non-hydrogen) atoms. The maximum Gasteiger partial charge on any atom is 0.409 e. The molecule has 0 aromatic heterocycles. The van der Waals surface area contributed by atoms with Crippen LogP contribution in [0.2, 0.25) is 0 Å². The standard InChI is InChI=1S/C9H15NO3/c1-10-7-8(13-9(10)12)5-3-2-4-6-11/h6,8H,2-5,7H2,1H3. The lowest BCUT2D eigenvalue weighted by atomic mass is 10.1. The van der Waals surface area contributed by atoms with E-state index >= 15 is 0 Å². The van der Waals surface area contributed by atoms with E-state index in [1.165, 1.54) is 0 Å². The highest BCUT2D eigenvalue weighted by molar-refractivity contribution is 5.69. The lowest BCUT2D eigenvalue weighted by Crippen LogP contribution is -2.19. The first-order valence-electron chi connectivity index (χ1n) is 4.59. The maximum atomic E-state index is 10.9. The Balaban J connectivity index is 2.10. The molecule has 1 unspecified atom stereocenters. The molecule has 1 fully saturated rings. The van der Waals surface area contributed by atoms with Gasteiger partial charge in [-0.3, -0.25) is 0 Å². The van der Waals surface area contributed by atoms with Crippen molar-refractivity contribution in [1.82, 2.24) is 4.90 Å². The summed E-state index contributed by atoms with van der Waals surface area (Å²) in [6.07, 6.45) is 4.03. The molecule has 4 nitrogen and oxygen atoms in total. The highest BCUT2D eigenvalue weighted by Gasteiger charge is 2.27. The van der Waals surface area contributed by atoms with Crippen LogP contribution in [0.4, 0.5) is 4.79 Å². The predicted octanol–water partition coefficient (Wildman–Crippen LogP) is 1.20. The molecule has 0 radical (unpaired) electrons. The summed E-state index contributed by atoms with van der Waals surface area (Å²) >= 11 is 0. The number of amides is 1. The normalized spacial score (nSPS) is 21.8. The maximum absolute atomic E-state index is 10.9. The number of aldehydes is 1. The van der Waals surface area contributed by atoms with Crippen molar-refractivity contribution in [2.45, 2.75) is 31.8 Å². The Bertz CT molecular complexity index is 193. The molecule has 1 saturated heterocycles. The Labute approximate surface area is 77.8 Å². The van der Waals surface area contributed by atoms with E-state index in [0.29, 0.717) is 13.0 Å². The number of nitrogens with zero attached hydrogens (tertiary/aromatic N) is 1. The van der Waals surface area contributed by atoms with Gasteiger partial charge in [-0.1, -0.05) is 0 Å². The van der Waals surface area contributed by atoms with Crippen LogP contribution < -0.4 is 0 Å². The van der Waals surface area contributed by atoms with Crippen molar-refractivity contribution < 1.29 is 14.3 Å². The Morgan fingerprint density at radius 1 is 1.62 bits per heavy atom. The van der Waals surface area contributed by atoms with Crippen LogP contribution in [-0.2, 0) is 9.53 Å². The molecular formula is C9H15NO3. The van der Waals surface area contributed by atoms with E-state index in [9.17, 15) is 9.59 Å². The van der Waals surface area contributed by atoms with Crippen molar-refractivity contribution in [1.29, 1.82) is 0 Å². The van der Waals surface area contributed by atoms with Gasteiger partial charge >= 0.3 is 6.09 Å². The summed E-state index contributed by atoms with van der Waals surface area (Å²) in [4.78, 5) is 22.5.